The van der Waals surface area contributed by atoms with Crippen LogP contribution in [0.4, 0.5) is 18.9 Å². The minimum absolute atomic E-state index is 0. The quantitative estimate of drug-likeness (QED) is 0.589. The van der Waals surface area contributed by atoms with Crippen LogP contribution >= 0.6 is 12.4 Å². The first-order valence-electron chi connectivity index (χ1n) is 9.52. The molecule has 170 valence electrons. The molecule has 32 heavy (non-hydrogen) atoms. The van der Waals surface area contributed by atoms with Crippen molar-refractivity contribution in [1.82, 2.24) is 15.1 Å². The summed E-state index contributed by atoms with van der Waals surface area (Å²) >= 11 is 0. The molecule has 1 amide bonds. The summed E-state index contributed by atoms with van der Waals surface area (Å²) in [6.07, 6.45) is -1.89. The number of carbonyl (C=O) groups is 1. The van der Waals surface area contributed by atoms with Gasteiger partial charge in [0.2, 0.25) is 0 Å². The second-order valence-electron chi connectivity index (χ2n) is 6.85. The molecule has 3 aromatic rings. The summed E-state index contributed by atoms with van der Waals surface area (Å²) in [6.45, 7) is 2.24. The van der Waals surface area contributed by atoms with Crippen molar-refractivity contribution < 1.29 is 27.4 Å². The monoisotopic (exact) mass is 468 g/mol. The van der Waals surface area contributed by atoms with Gasteiger partial charge in [-0.1, -0.05) is 12.1 Å². The number of anilines is 1. The number of amides is 1. The lowest BCUT2D eigenvalue weighted by atomic mass is 10.1. The average Bonchev–Trinajstić information content (AvgIpc) is 3.25. The Labute approximate surface area is 187 Å². The number of halogens is 4. The van der Waals surface area contributed by atoms with Crippen molar-refractivity contribution in [3.63, 3.8) is 0 Å². The van der Waals surface area contributed by atoms with E-state index in [1.165, 1.54) is 41.3 Å². The molecule has 0 aliphatic carbocycles. The summed E-state index contributed by atoms with van der Waals surface area (Å²) < 4.78 is 47.7. The Morgan fingerprint density at radius 2 is 1.88 bits per heavy atom. The number of rotatable bonds is 5. The molecule has 0 saturated carbocycles. The zero-order valence-electron chi connectivity index (χ0n) is 16.6. The van der Waals surface area contributed by atoms with Crippen LogP contribution in [0.2, 0.25) is 0 Å². The van der Waals surface area contributed by atoms with E-state index in [9.17, 15) is 18.0 Å². The van der Waals surface area contributed by atoms with Crippen LogP contribution in [-0.2, 0) is 4.74 Å². The molecule has 0 radical (unpaired) electrons. The third-order valence-corrected chi connectivity index (χ3v) is 4.65. The Balaban J connectivity index is 0.00000289. The molecule has 2 N–H and O–H groups in total. The maximum absolute atomic E-state index is 12.5. The fourth-order valence-electron chi connectivity index (χ4n) is 3.15. The van der Waals surface area contributed by atoms with Gasteiger partial charge >= 0.3 is 6.36 Å². The molecular weight excluding hydrogens is 449 g/mol. The summed E-state index contributed by atoms with van der Waals surface area (Å²) in [5, 5.41) is 10.2. The highest BCUT2D eigenvalue weighted by atomic mass is 35.5. The highest BCUT2D eigenvalue weighted by Crippen LogP contribution is 2.24. The van der Waals surface area contributed by atoms with Gasteiger partial charge in [0.05, 0.1) is 30.2 Å². The van der Waals surface area contributed by atoms with Crippen LogP contribution in [-0.4, -0.2) is 41.7 Å². The number of alkyl halides is 3. The third kappa shape index (κ3) is 6.00. The van der Waals surface area contributed by atoms with Crippen molar-refractivity contribution in [2.75, 3.05) is 25.0 Å². The first-order chi connectivity index (χ1) is 14.9. The van der Waals surface area contributed by atoms with Crippen LogP contribution in [0.5, 0.6) is 5.75 Å². The van der Waals surface area contributed by atoms with Crippen molar-refractivity contribution >= 4 is 24.0 Å². The van der Waals surface area contributed by atoms with Crippen molar-refractivity contribution in [2.24, 2.45) is 0 Å². The van der Waals surface area contributed by atoms with Crippen LogP contribution in [0.25, 0.3) is 5.69 Å². The largest absolute Gasteiger partial charge is 0.573 e. The summed E-state index contributed by atoms with van der Waals surface area (Å²) in [6, 6.07) is 12.6. The summed E-state index contributed by atoms with van der Waals surface area (Å²) in [5.41, 5.74) is 2.44. The van der Waals surface area contributed by atoms with E-state index in [2.05, 4.69) is 20.5 Å². The van der Waals surface area contributed by atoms with Crippen LogP contribution < -0.4 is 15.4 Å². The van der Waals surface area contributed by atoms with Gasteiger partial charge in [-0.2, -0.15) is 5.10 Å². The number of ether oxygens (including phenoxy) is 2. The summed E-state index contributed by atoms with van der Waals surface area (Å²) in [4.78, 5) is 12.5. The number of hydrogen-bond acceptors (Lipinski definition) is 5. The molecule has 1 aromatic heterocycles. The van der Waals surface area contributed by atoms with Crippen molar-refractivity contribution in [2.45, 2.75) is 12.5 Å². The van der Waals surface area contributed by atoms with Crippen molar-refractivity contribution in [1.29, 1.82) is 0 Å². The second kappa shape index (κ2) is 10.0. The van der Waals surface area contributed by atoms with Gasteiger partial charge in [0.15, 0.2) is 0 Å². The fraction of sp³-hybridized carbons (Fsp3) is 0.238. The smallest absolute Gasteiger partial charge is 0.406 e. The number of aromatic nitrogens is 2. The maximum atomic E-state index is 12.5. The van der Waals surface area contributed by atoms with Crippen LogP contribution in [0.3, 0.4) is 0 Å². The molecule has 0 spiro atoms. The Morgan fingerprint density at radius 3 is 2.50 bits per heavy atom. The first-order valence-corrected chi connectivity index (χ1v) is 9.52. The predicted octanol–water partition coefficient (Wildman–Crippen LogP) is 4.11. The predicted molar refractivity (Wildman–Crippen MR) is 113 cm³/mol. The van der Waals surface area contributed by atoms with Crippen LogP contribution in [0.15, 0.2) is 60.9 Å². The van der Waals surface area contributed by atoms with E-state index in [1.807, 2.05) is 12.1 Å². The minimum atomic E-state index is -4.75. The lowest BCUT2D eigenvalue weighted by molar-refractivity contribution is -0.274. The number of nitrogens with one attached hydrogen (secondary N) is 2. The molecular formula is C21H20ClF3N4O3. The van der Waals surface area contributed by atoms with Gasteiger partial charge in [-0.15, -0.1) is 25.6 Å². The normalized spacial score (nSPS) is 16.2. The molecule has 4 rings (SSSR count). The SMILES string of the molecule is Cl.O=C(Nc1ccc(C2CNCCO2)cc1)c1cnn(-c2ccc(OC(F)(F)F)cc2)c1. The Bertz CT molecular complexity index is 1030. The lowest BCUT2D eigenvalue weighted by Crippen LogP contribution is -2.33. The highest BCUT2D eigenvalue weighted by molar-refractivity contribution is 6.04. The van der Waals surface area contributed by atoms with E-state index in [4.69, 9.17) is 4.74 Å². The van der Waals surface area contributed by atoms with Gasteiger partial charge in [-0.3, -0.25) is 4.79 Å². The standard InChI is InChI=1S/C21H19F3N4O3.ClH/c22-21(23,24)31-18-7-5-17(6-8-18)28-13-15(11-26-28)20(29)27-16-3-1-14(2-4-16)19-12-25-9-10-30-19;/h1-8,11,13,19,25H,9-10,12H2,(H,27,29);1H. The van der Waals surface area contributed by atoms with E-state index in [1.54, 1.807) is 12.1 Å². The Morgan fingerprint density at radius 1 is 1.16 bits per heavy atom. The summed E-state index contributed by atoms with van der Waals surface area (Å²) in [5.74, 6) is -0.689. The Kier molecular flexibility index (Phi) is 7.39. The van der Waals surface area contributed by atoms with Gasteiger partial charge in [0, 0.05) is 25.0 Å². The average molecular weight is 469 g/mol. The van der Waals surface area contributed by atoms with E-state index in [0.29, 0.717) is 23.5 Å². The minimum Gasteiger partial charge on any atom is -0.406 e. The number of morpholine rings is 1. The number of benzene rings is 2. The summed E-state index contributed by atoms with van der Waals surface area (Å²) in [7, 11) is 0. The third-order valence-electron chi connectivity index (χ3n) is 4.65. The van der Waals surface area contributed by atoms with Crippen molar-refractivity contribution in [3.8, 4) is 11.4 Å². The maximum Gasteiger partial charge on any atom is 0.573 e. The lowest BCUT2D eigenvalue weighted by Gasteiger charge is -2.24. The number of carbonyl (C=O) groups excluding carboxylic acids is 1. The molecule has 0 bridgehead atoms. The van der Waals surface area contributed by atoms with E-state index in [-0.39, 0.29) is 30.2 Å². The van der Waals surface area contributed by atoms with Crippen molar-refractivity contribution in [3.05, 3.63) is 72.1 Å². The molecule has 11 heteroatoms. The molecule has 2 heterocycles. The van der Waals surface area contributed by atoms with Gasteiger partial charge in [0.25, 0.3) is 5.91 Å². The highest BCUT2D eigenvalue weighted by Gasteiger charge is 2.31. The molecule has 2 aromatic carbocycles. The molecule has 1 aliphatic rings. The molecule has 1 atom stereocenters. The van der Waals surface area contributed by atoms with E-state index < -0.39 is 6.36 Å². The van der Waals surface area contributed by atoms with Gasteiger partial charge in [-0.25, -0.2) is 4.68 Å². The van der Waals surface area contributed by atoms with Gasteiger partial charge < -0.3 is 20.1 Å². The van der Waals surface area contributed by atoms with Crippen LogP contribution in [0.1, 0.15) is 22.0 Å². The molecule has 1 fully saturated rings. The topological polar surface area (TPSA) is 77.4 Å². The number of hydrogen-bond donors (Lipinski definition) is 2. The van der Waals surface area contributed by atoms with Crippen LogP contribution in [0, 0.1) is 0 Å². The zero-order valence-corrected chi connectivity index (χ0v) is 17.4. The van der Waals surface area contributed by atoms with E-state index >= 15 is 0 Å². The van der Waals surface area contributed by atoms with Gasteiger partial charge in [-0.05, 0) is 42.0 Å². The second-order valence-corrected chi connectivity index (χ2v) is 6.85. The van der Waals surface area contributed by atoms with Gasteiger partial charge in [0.1, 0.15) is 5.75 Å². The fourth-order valence-corrected chi connectivity index (χ4v) is 3.15. The zero-order chi connectivity index (χ0) is 21.8. The molecule has 1 unspecified atom stereocenters. The van der Waals surface area contributed by atoms with E-state index in [0.717, 1.165) is 18.7 Å². The Hall–Kier alpha value is -3.08. The molecule has 1 saturated heterocycles. The first kappa shape index (κ1) is 23.6. The molecule has 7 nitrogen and oxygen atoms in total. The number of nitrogens with zero attached hydrogens (tertiary/aromatic N) is 2. The molecule has 1 aliphatic heterocycles.